The molecular formula is C37H74Co2O4. The van der Waals surface area contributed by atoms with Crippen molar-refractivity contribution in [3.63, 3.8) is 0 Å². The van der Waals surface area contributed by atoms with E-state index in [1.165, 1.54) is 161 Å². The monoisotopic (exact) mass is 700 g/mol. The molecule has 0 saturated carbocycles. The van der Waals surface area contributed by atoms with Gasteiger partial charge in [-0.05, 0) is 0 Å². The molecule has 0 radical (unpaired) electrons. The zero-order valence-corrected chi connectivity index (χ0v) is 30.8. The van der Waals surface area contributed by atoms with Crippen LogP contribution in [0.1, 0.15) is 206 Å². The molecule has 0 aliphatic rings. The van der Waals surface area contributed by atoms with Gasteiger partial charge >= 0.3 is 213 Å². The Labute approximate surface area is 277 Å². The number of rotatable bonds is 36. The van der Waals surface area contributed by atoms with Crippen LogP contribution in [0.4, 0.5) is 0 Å². The molecule has 0 aromatic rings. The molecule has 0 amide bonds. The smallest absolute Gasteiger partial charge is 0.0654 e. The number of carboxylic acids is 1. The quantitative estimate of drug-likeness (QED) is 0.0661. The molecule has 0 aromatic heterocycles. The summed E-state index contributed by atoms with van der Waals surface area (Å²) in [4.78, 5) is 10.8. The Balaban J connectivity index is 3.64. The minimum absolute atomic E-state index is 0.0911. The van der Waals surface area contributed by atoms with Gasteiger partial charge in [-0.3, -0.25) is 0 Å². The van der Waals surface area contributed by atoms with Crippen LogP contribution in [0.5, 0.6) is 0 Å². The van der Waals surface area contributed by atoms with Crippen LogP contribution < -0.4 is 0 Å². The molecule has 0 saturated heterocycles. The molecular weight excluding hydrogens is 626 g/mol. The molecule has 0 bridgehead atoms. The molecule has 0 aliphatic carbocycles. The Morgan fingerprint density at radius 2 is 0.698 bits per heavy atom. The predicted octanol–water partition coefficient (Wildman–Crippen LogP) is 13.8. The summed E-state index contributed by atoms with van der Waals surface area (Å²) in [7, 11) is 0. The van der Waals surface area contributed by atoms with Crippen molar-refractivity contribution in [1.82, 2.24) is 0 Å². The van der Waals surface area contributed by atoms with Crippen LogP contribution in [-0.2, 0) is 39.7 Å². The Morgan fingerprint density at radius 3 is 0.977 bits per heavy atom. The van der Waals surface area contributed by atoms with Crippen LogP contribution in [0.2, 0.25) is 20.9 Å². The first-order valence-electron chi connectivity index (χ1n) is 18.7. The van der Waals surface area contributed by atoms with Crippen molar-refractivity contribution in [3.8, 4) is 0 Å². The molecule has 4 nitrogen and oxygen atoms in total. The molecule has 6 heteroatoms. The van der Waals surface area contributed by atoms with Gasteiger partial charge in [0.1, 0.15) is 0 Å². The Hall–Kier alpha value is 0.0830. The summed E-state index contributed by atoms with van der Waals surface area (Å²) in [6.45, 7) is 4.54. The van der Waals surface area contributed by atoms with Crippen LogP contribution in [-0.4, -0.2) is 11.1 Å². The first-order valence-corrected chi connectivity index (χ1v) is 22.4. The summed E-state index contributed by atoms with van der Waals surface area (Å²) in [6, 6.07) is 0. The predicted molar refractivity (Wildman–Crippen MR) is 177 cm³/mol. The van der Waals surface area contributed by atoms with Crippen molar-refractivity contribution in [2.75, 3.05) is 0 Å². The number of hydrogen-bond acceptors (Lipinski definition) is 3. The second-order valence-corrected chi connectivity index (χ2v) is 17.1. The molecule has 1 unspecified atom stereocenters. The van der Waals surface area contributed by atoms with Gasteiger partial charge in [0.05, 0.1) is 0 Å². The van der Waals surface area contributed by atoms with Crippen molar-refractivity contribution < 1.29 is 44.8 Å². The number of hydrogen-bond donors (Lipinski definition) is 1. The fourth-order valence-corrected chi connectivity index (χ4v) is 9.86. The topological polar surface area (TPSA) is 71.4 Å². The van der Waals surface area contributed by atoms with Crippen LogP contribution in [0, 0.1) is 0 Å². The summed E-state index contributed by atoms with van der Waals surface area (Å²) in [5, 5.41) is 10.7. The average molecular weight is 701 g/mol. The van der Waals surface area contributed by atoms with E-state index in [0.717, 1.165) is 32.1 Å². The third-order valence-electron chi connectivity index (χ3n) is 8.57. The van der Waals surface area contributed by atoms with Crippen LogP contribution >= 0.6 is 0 Å². The summed E-state index contributed by atoms with van der Waals surface area (Å²) >= 11 is -3.36. The van der Waals surface area contributed by atoms with E-state index >= 15 is 0 Å². The third kappa shape index (κ3) is 31.8. The molecule has 0 aromatic carbocycles. The zero-order valence-electron chi connectivity index (χ0n) is 28.8. The van der Waals surface area contributed by atoms with Crippen molar-refractivity contribution in [3.05, 3.63) is 0 Å². The van der Waals surface area contributed by atoms with Gasteiger partial charge in [-0.15, -0.1) is 0 Å². The third-order valence-corrected chi connectivity index (χ3v) is 12.9. The molecule has 0 fully saturated rings. The number of aliphatic carboxylic acids is 1. The van der Waals surface area contributed by atoms with Gasteiger partial charge < -0.3 is 0 Å². The van der Waals surface area contributed by atoms with Gasteiger partial charge in [-0.1, -0.05) is 65.2 Å². The van der Waals surface area contributed by atoms with Gasteiger partial charge in [0.2, 0.25) is 0 Å². The van der Waals surface area contributed by atoms with Crippen molar-refractivity contribution in [2.45, 2.75) is 227 Å². The Bertz CT molecular complexity index is 640. The Morgan fingerprint density at radius 1 is 0.442 bits per heavy atom. The van der Waals surface area contributed by atoms with E-state index in [1.54, 1.807) is 0 Å². The minimum Gasteiger partial charge on any atom is -0.0654 e. The first-order chi connectivity index (χ1) is 21.0. The van der Waals surface area contributed by atoms with Crippen molar-refractivity contribution in [2.24, 2.45) is 0 Å². The molecule has 1 atom stereocenters. The van der Waals surface area contributed by atoms with Crippen molar-refractivity contribution >= 4 is 5.97 Å². The molecule has 0 aliphatic heterocycles. The minimum atomic E-state index is -1.80. The van der Waals surface area contributed by atoms with Gasteiger partial charge in [-0.25, -0.2) is 0 Å². The molecule has 0 heterocycles. The zero-order chi connectivity index (χ0) is 31.6. The van der Waals surface area contributed by atoms with E-state index in [9.17, 15) is 17.6 Å². The van der Waals surface area contributed by atoms with E-state index in [4.69, 9.17) is 0 Å². The fraction of sp³-hybridized carbons (Fsp3) is 0.973. The van der Waals surface area contributed by atoms with E-state index in [1.807, 2.05) is 0 Å². The SMILES string of the molecule is CCCCCCCCCCCCCCCC[CH2][Co](=[O])[CH2][CH](C(=O)O)[Co](=[O])[CH2]CCCCCCCCCCCCCCCC. The number of carbonyl (C=O) groups is 1. The first kappa shape index (κ1) is 43.1. The van der Waals surface area contributed by atoms with Gasteiger partial charge in [0.15, 0.2) is 0 Å². The van der Waals surface area contributed by atoms with E-state index in [2.05, 4.69) is 13.8 Å². The molecule has 0 rings (SSSR count). The molecule has 43 heavy (non-hydrogen) atoms. The maximum absolute atomic E-state index is 12.7. The average Bonchev–Trinajstić information content (AvgIpc) is 2.99. The second kappa shape index (κ2) is 34.9. The second-order valence-electron chi connectivity index (χ2n) is 12.8. The van der Waals surface area contributed by atoms with Crippen molar-refractivity contribution in [1.29, 1.82) is 0 Å². The summed E-state index contributed by atoms with van der Waals surface area (Å²) in [6.07, 6.45) is 38.7. The number of unbranched alkanes of at least 4 members (excludes halogenated alkanes) is 28. The van der Waals surface area contributed by atoms with Crippen LogP contribution in [0.25, 0.3) is 0 Å². The number of carboxylic acid groups (broad SMARTS) is 1. The molecule has 1 N–H and O–H groups in total. The molecule has 0 spiro atoms. The van der Waals surface area contributed by atoms with E-state index in [0.29, 0.717) is 10.7 Å². The summed E-state index contributed by atoms with van der Waals surface area (Å²) in [5.41, 5.74) is 0. The van der Waals surface area contributed by atoms with Gasteiger partial charge in [0, 0.05) is 0 Å². The van der Waals surface area contributed by atoms with E-state index in [-0.39, 0.29) is 5.36 Å². The standard InChI is InChI=1S/2C17H35.C3H4O2.2Co.2O/c2*1-3-5-7-9-11-13-15-17-16-14-12-10-8-6-4-2;1-2-3(4)5;;;;/h2*1,3-17H2,2H3;2H,1H2,(H,4,5);;;;. The van der Waals surface area contributed by atoms with Gasteiger partial charge in [-0.2, -0.15) is 0 Å². The maximum atomic E-state index is 12.7. The normalized spacial score (nSPS) is 12.9. The van der Waals surface area contributed by atoms with Crippen LogP contribution in [0.3, 0.4) is 0 Å². The summed E-state index contributed by atoms with van der Waals surface area (Å²) < 4.78 is 25.3. The Kier molecular flexibility index (Phi) is 35.0. The van der Waals surface area contributed by atoms with Crippen LogP contribution in [0.15, 0.2) is 0 Å². The van der Waals surface area contributed by atoms with E-state index < -0.39 is 38.0 Å². The summed E-state index contributed by atoms with van der Waals surface area (Å²) in [5.74, 6) is -1.03. The fourth-order valence-electron chi connectivity index (χ4n) is 5.67. The molecule has 264 valence electrons. The van der Waals surface area contributed by atoms with Gasteiger partial charge in [0.25, 0.3) is 0 Å².